The number of likely N-dealkylation sites (N-methyl/N-ethyl adjacent to an activating group) is 1. The number of hydrogen-bond donors (Lipinski definition) is 0. The van der Waals surface area contributed by atoms with Gasteiger partial charge in [-0.25, -0.2) is 14.7 Å². The Hall–Kier alpha value is -1.92. The molecule has 0 bridgehead atoms. The normalized spacial score (nSPS) is 21.2. The molecule has 1 aliphatic heterocycles. The number of hydrogen-bond acceptors (Lipinski definition) is 3. The highest BCUT2D eigenvalue weighted by Gasteiger charge is 2.54. The topological polar surface area (TPSA) is 53.5 Å². The van der Waals surface area contributed by atoms with E-state index in [9.17, 15) is 9.59 Å². The van der Waals surface area contributed by atoms with Gasteiger partial charge in [-0.2, -0.15) is 0 Å². The maximum Gasteiger partial charge on any atom is 0.332 e. The summed E-state index contributed by atoms with van der Waals surface area (Å²) in [5.41, 5.74) is -0.0855. The Morgan fingerprint density at radius 3 is 2.43 bits per heavy atom. The van der Waals surface area contributed by atoms with Crippen molar-refractivity contribution in [2.75, 3.05) is 11.9 Å². The molecular formula is C16H13BrClN3O2. The molecular weight excluding hydrogens is 382 g/mol. The molecule has 118 valence electrons. The van der Waals surface area contributed by atoms with Gasteiger partial charge in [-0.3, -0.25) is 4.79 Å². The van der Waals surface area contributed by atoms with Crippen molar-refractivity contribution in [3.8, 4) is 0 Å². The molecule has 3 rings (SSSR count). The third-order valence-electron chi connectivity index (χ3n) is 4.16. The van der Waals surface area contributed by atoms with Crippen LogP contribution in [0.5, 0.6) is 0 Å². The van der Waals surface area contributed by atoms with Gasteiger partial charge >= 0.3 is 6.03 Å². The van der Waals surface area contributed by atoms with E-state index >= 15 is 0 Å². The molecule has 0 spiro atoms. The first-order valence-electron chi connectivity index (χ1n) is 6.86. The van der Waals surface area contributed by atoms with Gasteiger partial charge in [0, 0.05) is 17.7 Å². The standard InChI is InChI=1S/C16H13BrClN3O2/c1-16(10-5-7-11(17)8-6-10)14(22)21(15(23)20(16)2)12-4-3-9-19-13(12)18/h3-9H,1-2H3. The second kappa shape index (κ2) is 5.62. The molecule has 1 saturated heterocycles. The minimum Gasteiger partial charge on any atom is -0.308 e. The van der Waals surface area contributed by atoms with Crippen LogP contribution in [0.2, 0.25) is 5.15 Å². The minimum atomic E-state index is -1.10. The van der Waals surface area contributed by atoms with Gasteiger partial charge in [0.25, 0.3) is 5.91 Å². The summed E-state index contributed by atoms with van der Waals surface area (Å²) in [4.78, 5) is 32.2. The molecule has 0 saturated carbocycles. The van der Waals surface area contributed by atoms with Crippen molar-refractivity contribution in [1.82, 2.24) is 9.88 Å². The fourth-order valence-electron chi connectivity index (χ4n) is 2.64. The molecule has 0 aliphatic carbocycles. The summed E-state index contributed by atoms with van der Waals surface area (Å²) in [6.45, 7) is 1.72. The highest BCUT2D eigenvalue weighted by Crippen LogP contribution is 2.40. The summed E-state index contributed by atoms with van der Waals surface area (Å²) >= 11 is 9.43. The third-order valence-corrected chi connectivity index (χ3v) is 4.98. The number of rotatable bonds is 2. The van der Waals surface area contributed by atoms with Crippen LogP contribution in [-0.4, -0.2) is 28.9 Å². The van der Waals surface area contributed by atoms with Gasteiger partial charge in [0.2, 0.25) is 0 Å². The molecule has 7 heteroatoms. The molecule has 2 aromatic rings. The molecule has 0 N–H and O–H groups in total. The van der Waals surface area contributed by atoms with Crippen LogP contribution in [0.1, 0.15) is 12.5 Å². The highest BCUT2D eigenvalue weighted by molar-refractivity contribution is 9.10. The highest BCUT2D eigenvalue weighted by atomic mass is 79.9. The number of imide groups is 1. The summed E-state index contributed by atoms with van der Waals surface area (Å²) in [5, 5.41) is 0.114. The molecule has 3 amide bonds. The van der Waals surface area contributed by atoms with Crippen molar-refractivity contribution >= 4 is 45.2 Å². The Labute approximate surface area is 147 Å². The van der Waals surface area contributed by atoms with Crippen LogP contribution in [0.4, 0.5) is 10.5 Å². The molecule has 1 atom stereocenters. The number of urea groups is 1. The van der Waals surface area contributed by atoms with Crippen molar-refractivity contribution < 1.29 is 9.59 Å². The van der Waals surface area contributed by atoms with Crippen LogP contribution in [0.3, 0.4) is 0 Å². The quantitative estimate of drug-likeness (QED) is 0.575. The van der Waals surface area contributed by atoms with Crippen LogP contribution in [0, 0.1) is 0 Å². The maximum atomic E-state index is 13.1. The van der Waals surface area contributed by atoms with Crippen molar-refractivity contribution in [2.45, 2.75) is 12.5 Å². The lowest BCUT2D eigenvalue weighted by Crippen LogP contribution is -2.42. The van der Waals surface area contributed by atoms with Crippen LogP contribution in [-0.2, 0) is 10.3 Å². The Morgan fingerprint density at radius 1 is 1.17 bits per heavy atom. The van der Waals surface area contributed by atoms with Gasteiger partial charge < -0.3 is 4.90 Å². The van der Waals surface area contributed by atoms with E-state index in [0.717, 1.165) is 14.9 Å². The SMILES string of the molecule is CN1C(=O)N(c2cccnc2Cl)C(=O)C1(C)c1ccc(Br)cc1. The largest absolute Gasteiger partial charge is 0.332 e. The molecule has 1 aliphatic rings. The lowest BCUT2D eigenvalue weighted by atomic mass is 9.91. The number of amides is 3. The molecule has 23 heavy (non-hydrogen) atoms. The molecule has 1 unspecified atom stereocenters. The summed E-state index contributed by atoms with van der Waals surface area (Å²) in [6, 6.07) is 10.1. The predicted octanol–water partition coefficient (Wildman–Crippen LogP) is 3.81. The number of anilines is 1. The van der Waals surface area contributed by atoms with E-state index in [0.29, 0.717) is 0 Å². The van der Waals surface area contributed by atoms with Gasteiger partial charge in [0.15, 0.2) is 5.15 Å². The second-order valence-electron chi connectivity index (χ2n) is 5.37. The Bertz CT molecular complexity index is 796. The van der Waals surface area contributed by atoms with Crippen LogP contribution in [0.15, 0.2) is 47.1 Å². The van der Waals surface area contributed by atoms with Crippen LogP contribution < -0.4 is 4.90 Å². The van der Waals surface area contributed by atoms with Gasteiger partial charge in [-0.15, -0.1) is 0 Å². The van der Waals surface area contributed by atoms with E-state index in [-0.39, 0.29) is 16.7 Å². The molecule has 1 aromatic heterocycles. The Balaban J connectivity index is 2.11. The Morgan fingerprint density at radius 2 is 1.83 bits per heavy atom. The van der Waals surface area contributed by atoms with Gasteiger partial charge in [0.1, 0.15) is 5.54 Å². The zero-order chi connectivity index (χ0) is 16.8. The van der Waals surface area contributed by atoms with E-state index in [4.69, 9.17) is 11.6 Å². The summed E-state index contributed by atoms with van der Waals surface area (Å²) in [7, 11) is 1.60. The first kappa shape index (κ1) is 16.0. The number of halogens is 2. The fraction of sp³-hybridized carbons (Fsp3) is 0.188. The number of pyridine rings is 1. The predicted molar refractivity (Wildman–Crippen MR) is 91.4 cm³/mol. The molecule has 2 heterocycles. The van der Waals surface area contributed by atoms with Crippen molar-refractivity contribution in [3.05, 3.63) is 57.8 Å². The second-order valence-corrected chi connectivity index (χ2v) is 6.65. The summed E-state index contributed by atoms with van der Waals surface area (Å²) in [6.07, 6.45) is 1.51. The van der Waals surface area contributed by atoms with E-state index < -0.39 is 11.6 Å². The first-order chi connectivity index (χ1) is 10.9. The maximum absolute atomic E-state index is 13.1. The number of carbonyl (C=O) groups is 2. The van der Waals surface area contributed by atoms with E-state index in [1.54, 1.807) is 26.1 Å². The van der Waals surface area contributed by atoms with E-state index in [1.807, 2.05) is 24.3 Å². The molecule has 1 aromatic carbocycles. The smallest absolute Gasteiger partial charge is 0.308 e. The van der Waals surface area contributed by atoms with Crippen molar-refractivity contribution in [2.24, 2.45) is 0 Å². The zero-order valence-corrected chi connectivity index (χ0v) is 14.8. The van der Waals surface area contributed by atoms with Gasteiger partial charge in [-0.1, -0.05) is 39.7 Å². The average Bonchev–Trinajstić information content (AvgIpc) is 2.71. The number of benzene rings is 1. The lowest BCUT2D eigenvalue weighted by molar-refractivity contribution is -0.124. The average molecular weight is 395 g/mol. The number of carbonyl (C=O) groups excluding carboxylic acids is 2. The van der Waals surface area contributed by atoms with Crippen LogP contribution >= 0.6 is 27.5 Å². The first-order valence-corrected chi connectivity index (χ1v) is 8.03. The monoisotopic (exact) mass is 393 g/mol. The lowest BCUT2D eigenvalue weighted by Gasteiger charge is -2.28. The van der Waals surface area contributed by atoms with Crippen LogP contribution in [0.25, 0.3) is 0 Å². The Kier molecular flexibility index (Phi) is 3.90. The molecule has 0 radical (unpaired) electrons. The summed E-state index contributed by atoms with van der Waals surface area (Å²) < 4.78 is 0.899. The van der Waals surface area contributed by atoms with Gasteiger partial charge in [-0.05, 0) is 36.8 Å². The van der Waals surface area contributed by atoms with Gasteiger partial charge in [0.05, 0.1) is 5.69 Å². The molecule has 5 nitrogen and oxygen atoms in total. The zero-order valence-electron chi connectivity index (χ0n) is 12.5. The van der Waals surface area contributed by atoms with E-state index in [2.05, 4.69) is 20.9 Å². The van der Waals surface area contributed by atoms with Crippen molar-refractivity contribution in [3.63, 3.8) is 0 Å². The third kappa shape index (κ3) is 2.33. The number of aromatic nitrogens is 1. The van der Waals surface area contributed by atoms with Crippen molar-refractivity contribution in [1.29, 1.82) is 0 Å². The van der Waals surface area contributed by atoms with E-state index in [1.165, 1.54) is 11.1 Å². The summed E-state index contributed by atoms with van der Waals surface area (Å²) in [5.74, 6) is -0.359. The minimum absolute atomic E-state index is 0.114. The fourth-order valence-corrected chi connectivity index (χ4v) is 3.11. The molecule has 1 fully saturated rings. The number of nitrogens with zero attached hydrogens (tertiary/aromatic N) is 3.